The Kier molecular flexibility index (Phi) is 3.74. The van der Waals surface area contributed by atoms with Gasteiger partial charge in [-0.3, -0.25) is 10.1 Å². The van der Waals surface area contributed by atoms with Gasteiger partial charge in [-0.15, -0.1) is 0 Å². The van der Waals surface area contributed by atoms with Crippen molar-refractivity contribution >= 4 is 22.7 Å². The fourth-order valence-corrected chi connectivity index (χ4v) is 2.68. The third-order valence-corrected chi connectivity index (χ3v) is 3.98. The molecule has 1 aromatic carbocycles. The normalized spacial score (nSPS) is 15.7. The number of nitro benzene ring substituents is 1. The number of aromatic amines is 1. The summed E-state index contributed by atoms with van der Waals surface area (Å²) in [5, 5.41) is 10.8. The van der Waals surface area contributed by atoms with Crippen LogP contribution >= 0.6 is 0 Å². The molecule has 2 heterocycles. The number of likely N-dealkylation sites (tertiary alicyclic amines) is 1. The Morgan fingerprint density at radius 2 is 2.19 bits per heavy atom. The molecular weight excluding hydrogens is 270 g/mol. The number of H-pyrrole nitrogens is 1. The minimum absolute atomic E-state index is 0.0809. The Labute approximate surface area is 122 Å². The first-order valence-electron chi connectivity index (χ1n) is 7.21. The molecular formula is C14H19N5O2. The predicted molar refractivity (Wildman–Crippen MR) is 81.7 cm³/mol. The van der Waals surface area contributed by atoms with Gasteiger partial charge in [0.1, 0.15) is 0 Å². The van der Waals surface area contributed by atoms with Crippen molar-refractivity contribution in [2.24, 2.45) is 0 Å². The summed E-state index contributed by atoms with van der Waals surface area (Å²) in [6.45, 7) is 4.27. The summed E-state index contributed by atoms with van der Waals surface area (Å²) in [5.41, 5.74) is 1.54. The van der Waals surface area contributed by atoms with E-state index in [1.165, 1.54) is 38.1 Å². The molecule has 0 spiro atoms. The van der Waals surface area contributed by atoms with Crippen LogP contribution < -0.4 is 4.90 Å². The van der Waals surface area contributed by atoms with E-state index in [1.54, 1.807) is 6.07 Å². The molecule has 112 valence electrons. The van der Waals surface area contributed by atoms with Crippen LogP contribution in [0.15, 0.2) is 18.2 Å². The SMILES string of the molecule is CN(CCN1CCCC1)c1nc2ccc([N+](=O)[O-])cc2[nH]1. The van der Waals surface area contributed by atoms with E-state index in [0.29, 0.717) is 5.52 Å². The monoisotopic (exact) mass is 289 g/mol. The van der Waals surface area contributed by atoms with Crippen LogP contribution in [-0.4, -0.2) is 53.0 Å². The Morgan fingerprint density at radius 3 is 2.90 bits per heavy atom. The molecule has 1 fully saturated rings. The van der Waals surface area contributed by atoms with Crippen LogP contribution in [0.2, 0.25) is 0 Å². The summed E-state index contributed by atoms with van der Waals surface area (Å²) in [6.07, 6.45) is 2.58. The molecule has 21 heavy (non-hydrogen) atoms. The number of benzene rings is 1. The zero-order valence-corrected chi connectivity index (χ0v) is 12.1. The zero-order valence-electron chi connectivity index (χ0n) is 12.1. The number of anilines is 1. The minimum atomic E-state index is -0.392. The van der Waals surface area contributed by atoms with E-state index in [4.69, 9.17) is 0 Å². The first-order chi connectivity index (χ1) is 10.1. The van der Waals surface area contributed by atoms with E-state index in [0.717, 1.165) is 24.6 Å². The molecule has 0 unspecified atom stereocenters. The molecule has 0 aliphatic carbocycles. The highest BCUT2D eigenvalue weighted by Gasteiger charge is 2.14. The van der Waals surface area contributed by atoms with Crippen molar-refractivity contribution in [2.75, 3.05) is 38.1 Å². The number of fused-ring (bicyclic) bond motifs is 1. The van der Waals surface area contributed by atoms with Crippen LogP contribution in [-0.2, 0) is 0 Å². The molecule has 0 radical (unpaired) electrons. The van der Waals surface area contributed by atoms with Gasteiger partial charge < -0.3 is 14.8 Å². The van der Waals surface area contributed by atoms with Gasteiger partial charge in [0.2, 0.25) is 5.95 Å². The number of non-ortho nitro benzene ring substituents is 1. The number of rotatable bonds is 5. The molecule has 2 aromatic rings. The lowest BCUT2D eigenvalue weighted by Gasteiger charge is -2.20. The van der Waals surface area contributed by atoms with E-state index in [2.05, 4.69) is 19.8 Å². The lowest BCUT2D eigenvalue weighted by atomic mass is 10.3. The highest BCUT2D eigenvalue weighted by Crippen LogP contribution is 2.21. The fourth-order valence-electron chi connectivity index (χ4n) is 2.68. The van der Waals surface area contributed by atoms with E-state index >= 15 is 0 Å². The van der Waals surface area contributed by atoms with E-state index in [9.17, 15) is 10.1 Å². The van der Waals surface area contributed by atoms with Gasteiger partial charge in [0.25, 0.3) is 5.69 Å². The van der Waals surface area contributed by atoms with Crippen molar-refractivity contribution in [3.05, 3.63) is 28.3 Å². The van der Waals surface area contributed by atoms with Gasteiger partial charge in [-0.2, -0.15) is 0 Å². The van der Waals surface area contributed by atoms with Gasteiger partial charge in [-0.05, 0) is 32.0 Å². The van der Waals surface area contributed by atoms with Crippen LogP contribution in [0.25, 0.3) is 11.0 Å². The van der Waals surface area contributed by atoms with Crippen molar-refractivity contribution in [3.63, 3.8) is 0 Å². The standard InChI is InChI=1S/C14H19N5O2/c1-17(8-9-18-6-2-3-7-18)14-15-12-5-4-11(19(20)21)10-13(12)16-14/h4-5,10H,2-3,6-9H2,1H3,(H,15,16). The first-order valence-corrected chi connectivity index (χ1v) is 7.21. The summed E-state index contributed by atoms with van der Waals surface area (Å²) in [7, 11) is 1.99. The zero-order chi connectivity index (χ0) is 14.8. The molecule has 7 nitrogen and oxygen atoms in total. The number of nitrogens with zero attached hydrogens (tertiary/aromatic N) is 4. The van der Waals surface area contributed by atoms with E-state index in [1.807, 2.05) is 7.05 Å². The van der Waals surface area contributed by atoms with Gasteiger partial charge in [0, 0.05) is 32.3 Å². The number of aromatic nitrogens is 2. The smallest absolute Gasteiger partial charge is 0.271 e. The number of likely N-dealkylation sites (N-methyl/N-ethyl adjacent to an activating group) is 1. The van der Waals surface area contributed by atoms with Crippen LogP contribution in [0, 0.1) is 10.1 Å². The number of hydrogen-bond acceptors (Lipinski definition) is 5. The number of nitrogens with one attached hydrogen (secondary N) is 1. The summed E-state index contributed by atoms with van der Waals surface area (Å²) in [6, 6.07) is 4.69. The average Bonchev–Trinajstić information content (AvgIpc) is 3.12. The molecule has 1 aromatic heterocycles. The summed E-state index contributed by atoms with van der Waals surface area (Å²) in [4.78, 5) is 22.6. The number of imidazole rings is 1. The third-order valence-electron chi connectivity index (χ3n) is 3.98. The lowest BCUT2D eigenvalue weighted by Crippen LogP contribution is -2.31. The van der Waals surface area contributed by atoms with Gasteiger partial charge in [-0.25, -0.2) is 4.98 Å². The van der Waals surface area contributed by atoms with Crippen LogP contribution in [0.5, 0.6) is 0 Å². The highest BCUT2D eigenvalue weighted by molar-refractivity contribution is 5.80. The lowest BCUT2D eigenvalue weighted by molar-refractivity contribution is -0.384. The van der Waals surface area contributed by atoms with Gasteiger partial charge in [-0.1, -0.05) is 0 Å². The van der Waals surface area contributed by atoms with Gasteiger partial charge in [0.05, 0.1) is 16.0 Å². The molecule has 0 bridgehead atoms. The van der Waals surface area contributed by atoms with Crippen molar-refractivity contribution in [2.45, 2.75) is 12.8 Å². The minimum Gasteiger partial charge on any atom is -0.344 e. The summed E-state index contributed by atoms with van der Waals surface area (Å²) in [5.74, 6) is 0.754. The summed E-state index contributed by atoms with van der Waals surface area (Å²) < 4.78 is 0. The fraction of sp³-hybridized carbons (Fsp3) is 0.500. The van der Waals surface area contributed by atoms with Gasteiger partial charge >= 0.3 is 0 Å². The maximum absolute atomic E-state index is 10.8. The van der Waals surface area contributed by atoms with Crippen LogP contribution in [0.3, 0.4) is 0 Å². The average molecular weight is 289 g/mol. The molecule has 1 saturated heterocycles. The maximum atomic E-state index is 10.8. The summed E-state index contributed by atoms with van der Waals surface area (Å²) >= 11 is 0. The number of hydrogen-bond donors (Lipinski definition) is 1. The van der Waals surface area contributed by atoms with Crippen molar-refractivity contribution in [3.8, 4) is 0 Å². The van der Waals surface area contributed by atoms with E-state index < -0.39 is 4.92 Å². The second kappa shape index (κ2) is 5.69. The van der Waals surface area contributed by atoms with Crippen LogP contribution in [0.4, 0.5) is 11.6 Å². The molecule has 1 aliphatic heterocycles. The molecule has 0 atom stereocenters. The molecule has 7 heteroatoms. The Morgan fingerprint density at radius 1 is 1.43 bits per heavy atom. The highest BCUT2D eigenvalue weighted by atomic mass is 16.6. The first kappa shape index (κ1) is 13.8. The van der Waals surface area contributed by atoms with Crippen molar-refractivity contribution in [1.82, 2.24) is 14.9 Å². The Hall–Kier alpha value is -2.15. The third kappa shape index (κ3) is 2.97. The van der Waals surface area contributed by atoms with E-state index in [-0.39, 0.29) is 5.69 Å². The Balaban J connectivity index is 1.72. The number of nitro groups is 1. The second-order valence-corrected chi connectivity index (χ2v) is 5.49. The van der Waals surface area contributed by atoms with Gasteiger partial charge in [0.15, 0.2) is 0 Å². The molecule has 0 saturated carbocycles. The molecule has 1 aliphatic rings. The molecule has 1 N–H and O–H groups in total. The Bertz CT molecular complexity index is 648. The largest absolute Gasteiger partial charge is 0.344 e. The maximum Gasteiger partial charge on any atom is 0.271 e. The van der Waals surface area contributed by atoms with Crippen LogP contribution in [0.1, 0.15) is 12.8 Å². The molecule has 3 rings (SSSR count). The quantitative estimate of drug-likeness (QED) is 0.673. The van der Waals surface area contributed by atoms with Crippen molar-refractivity contribution in [1.29, 1.82) is 0 Å². The predicted octanol–water partition coefficient (Wildman–Crippen LogP) is 2.00. The molecule has 0 amide bonds. The van der Waals surface area contributed by atoms with Crippen molar-refractivity contribution < 1.29 is 4.92 Å². The second-order valence-electron chi connectivity index (χ2n) is 5.49. The topological polar surface area (TPSA) is 78.3 Å².